The molecule has 1 heterocycles. The van der Waals surface area contributed by atoms with E-state index in [1.807, 2.05) is 0 Å². The SMILES string of the molecule is CC1(C)Oc2c(cc(N)cc2B(O)O)NC1=O. The van der Waals surface area contributed by atoms with Crippen LogP contribution in [0.15, 0.2) is 12.1 Å². The minimum absolute atomic E-state index is 0.132. The summed E-state index contributed by atoms with van der Waals surface area (Å²) < 4.78 is 5.49. The highest BCUT2D eigenvalue weighted by Gasteiger charge is 2.38. The molecular formula is C10H13BN2O4. The van der Waals surface area contributed by atoms with Crippen molar-refractivity contribution in [3.63, 3.8) is 0 Å². The zero-order chi connectivity index (χ0) is 12.8. The van der Waals surface area contributed by atoms with Crippen LogP contribution in [-0.2, 0) is 4.79 Å². The van der Waals surface area contributed by atoms with Crippen LogP contribution >= 0.6 is 0 Å². The number of hydrogen-bond donors (Lipinski definition) is 4. The average Bonchev–Trinajstić information content (AvgIpc) is 2.19. The van der Waals surface area contributed by atoms with Crippen molar-refractivity contribution in [2.45, 2.75) is 19.4 Å². The summed E-state index contributed by atoms with van der Waals surface area (Å²) in [6, 6.07) is 2.91. The van der Waals surface area contributed by atoms with Gasteiger partial charge >= 0.3 is 7.12 Å². The monoisotopic (exact) mass is 236 g/mol. The Balaban J connectivity index is 2.58. The maximum absolute atomic E-state index is 11.7. The van der Waals surface area contributed by atoms with Crippen LogP contribution in [0.3, 0.4) is 0 Å². The van der Waals surface area contributed by atoms with Crippen LogP contribution < -0.4 is 21.3 Å². The zero-order valence-corrected chi connectivity index (χ0v) is 9.52. The van der Waals surface area contributed by atoms with Gasteiger partial charge in [0.1, 0.15) is 5.75 Å². The minimum Gasteiger partial charge on any atom is -0.476 e. The summed E-state index contributed by atoms with van der Waals surface area (Å²) in [7, 11) is -1.71. The molecule has 5 N–H and O–H groups in total. The second-order valence-corrected chi connectivity index (χ2v) is 4.43. The van der Waals surface area contributed by atoms with Crippen LogP contribution in [0.5, 0.6) is 5.75 Å². The van der Waals surface area contributed by atoms with Crippen molar-refractivity contribution in [1.29, 1.82) is 0 Å². The number of fused-ring (bicyclic) bond motifs is 1. The molecule has 0 bridgehead atoms. The molecule has 0 aromatic heterocycles. The molecule has 1 aromatic carbocycles. The van der Waals surface area contributed by atoms with E-state index < -0.39 is 12.7 Å². The molecule has 2 rings (SSSR count). The highest BCUT2D eigenvalue weighted by molar-refractivity contribution is 6.60. The summed E-state index contributed by atoms with van der Waals surface area (Å²) in [5.74, 6) is -0.0761. The number of hydrogen-bond acceptors (Lipinski definition) is 5. The highest BCUT2D eigenvalue weighted by Crippen LogP contribution is 2.33. The van der Waals surface area contributed by atoms with Crippen molar-refractivity contribution in [2.24, 2.45) is 0 Å². The number of amides is 1. The molecule has 90 valence electrons. The molecule has 7 heteroatoms. The van der Waals surface area contributed by atoms with Crippen LogP contribution in [0.2, 0.25) is 0 Å². The lowest BCUT2D eigenvalue weighted by molar-refractivity contribution is -0.129. The van der Waals surface area contributed by atoms with E-state index in [0.29, 0.717) is 11.4 Å². The topological polar surface area (TPSA) is 105 Å². The molecule has 1 aliphatic heterocycles. The maximum Gasteiger partial charge on any atom is 0.492 e. The number of rotatable bonds is 1. The van der Waals surface area contributed by atoms with E-state index in [0.717, 1.165) is 0 Å². The molecule has 0 aliphatic carbocycles. The third-order valence-electron chi connectivity index (χ3n) is 2.57. The molecule has 0 fully saturated rings. The fourth-order valence-corrected chi connectivity index (χ4v) is 1.65. The largest absolute Gasteiger partial charge is 0.492 e. The molecule has 0 atom stereocenters. The lowest BCUT2D eigenvalue weighted by atomic mass is 9.78. The number of anilines is 2. The quantitative estimate of drug-likeness (QED) is 0.372. The van der Waals surface area contributed by atoms with Gasteiger partial charge < -0.3 is 25.8 Å². The number of carbonyl (C=O) groups excluding carboxylic acids is 1. The first kappa shape index (κ1) is 11.8. The molecule has 1 amide bonds. The van der Waals surface area contributed by atoms with Crippen LogP contribution in [0, 0.1) is 0 Å². The molecule has 0 radical (unpaired) electrons. The fourth-order valence-electron chi connectivity index (χ4n) is 1.65. The lowest BCUT2D eigenvalue weighted by Crippen LogP contribution is -2.48. The Kier molecular flexibility index (Phi) is 2.52. The van der Waals surface area contributed by atoms with E-state index in [4.69, 9.17) is 10.5 Å². The summed E-state index contributed by atoms with van der Waals surface area (Å²) in [4.78, 5) is 11.7. The first-order chi connectivity index (χ1) is 7.81. The summed E-state index contributed by atoms with van der Waals surface area (Å²) in [6.07, 6.45) is 0. The third-order valence-corrected chi connectivity index (χ3v) is 2.57. The Morgan fingerprint density at radius 1 is 1.41 bits per heavy atom. The molecule has 0 saturated heterocycles. The summed E-state index contributed by atoms with van der Waals surface area (Å²) in [5.41, 5.74) is 5.33. The van der Waals surface area contributed by atoms with Gasteiger partial charge in [0.2, 0.25) is 0 Å². The fraction of sp³-hybridized carbons (Fsp3) is 0.300. The van der Waals surface area contributed by atoms with E-state index in [-0.39, 0.29) is 17.1 Å². The van der Waals surface area contributed by atoms with E-state index in [1.165, 1.54) is 12.1 Å². The van der Waals surface area contributed by atoms with Gasteiger partial charge in [0.15, 0.2) is 5.60 Å². The number of nitrogen functional groups attached to an aromatic ring is 1. The summed E-state index contributed by atoms with van der Waals surface area (Å²) in [5, 5.41) is 21.1. The second-order valence-electron chi connectivity index (χ2n) is 4.43. The number of ether oxygens (including phenoxy) is 1. The van der Waals surface area contributed by atoms with Gasteiger partial charge in [-0.2, -0.15) is 0 Å². The van der Waals surface area contributed by atoms with Crippen LogP contribution in [-0.4, -0.2) is 28.7 Å². The molecule has 0 saturated carbocycles. The Morgan fingerprint density at radius 3 is 2.65 bits per heavy atom. The van der Waals surface area contributed by atoms with E-state index in [9.17, 15) is 14.8 Å². The van der Waals surface area contributed by atoms with Crippen molar-refractivity contribution >= 4 is 29.9 Å². The molecule has 1 aromatic rings. The van der Waals surface area contributed by atoms with Gasteiger partial charge in [0.05, 0.1) is 5.69 Å². The van der Waals surface area contributed by atoms with Crippen molar-refractivity contribution in [2.75, 3.05) is 11.1 Å². The van der Waals surface area contributed by atoms with Crippen LogP contribution in [0.1, 0.15) is 13.8 Å². The van der Waals surface area contributed by atoms with Gasteiger partial charge in [0, 0.05) is 11.2 Å². The van der Waals surface area contributed by atoms with Gasteiger partial charge in [0.25, 0.3) is 5.91 Å². The molecule has 0 spiro atoms. The van der Waals surface area contributed by atoms with Gasteiger partial charge in [-0.15, -0.1) is 0 Å². The second kappa shape index (κ2) is 3.64. The lowest BCUT2D eigenvalue weighted by Gasteiger charge is -2.33. The van der Waals surface area contributed by atoms with E-state index in [2.05, 4.69) is 5.32 Å². The number of nitrogens with two attached hydrogens (primary N) is 1. The molecule has 17 heavy (non-hydrogen) atoms. The van der Waals surface area contributed by atoms with Crippen molar-refractivity contribution in [3.05, 3.63) is 12.1 Å². The molecule has 1 aliphatic rings. The number of nitrogens with one attached hydrogen (secondary N) is 1. The van der Waals surface area contributed by atoms with Crippen molar-refractivity contribution in [3.8, 4) is 5.75 Å². The van der Waals surface area contributed by atoms with E-state index >= 15 is 0 Å². The van der Waals surface area contributed by atoms with E-state index in [1.54, 1.807) is 13.8 Å². The summed E-state index contributed by atoms with van der Waals surface area (Å²) in [6.45, 7) is 3.18. The minimum atomic E-state index is -1.71. The predicted octanol–water partition coefficient (Wildman–Crippen LogP) is -0.942. The smallest absolute Gasteiger partial charge is 0.476 e. The Morgan fingerprint density at radius 2 is 2.06 bits per heavy atom. The highest BCUT2D eigenvalue weighted by atomic mass is 16.5. The Hall–Kier alpha value is -1.73. The number of carbonyl (C=O) groups is 1. The van der Waals surface area contributed by atoms with Gasteiger partial charge in [-0.3, -0.25) is 4.79 Å². The Labute approximate surface area is 98.5 Å². The first-order valence-electron chi connectivity index (χ1n) is 5.11. The number of benzene rings is 1. The Bertz CT molecular complexity index is 487. The standard InChI is InChI=1S/C10H13BN2O4/c1-10(2)9(14)13-7-4-5(12)3-6(11(15)16)8(7)17-10/h3-4,15-16H,12H2,1-2H3,(H,13,14). The predicted molar refractivity (Wildman–Crippen MR) is 64.0 cm³/mol. The van der Waals surface area contributed by atoms with Gasteiger partial charge in [-0.1, -0.05) is 0 Å². The van der Waals surface area contributed by atoms with Crippen LogP contribution in [0.25, 0.3) is 0 Å². The maximum atomic E-state index is 11.7. The normalized spacial score (nSPS) is 16.8. The van der Waals surface area contributed by atoms with Crippen molar-refractivity contribution in [1.82, 2.24) is 0 Å². The first-order valence-corrected chi connectivity index (χ1v) is 5.11. The van der Waals surface area contributed by atoms with Crippen molar-refractivity contribution < 1.29 is 19.6 Å². The van der Waals surface area contributed by atoms with Gasteiger partial charge in [-0.05, 0) is 26.0 Å². The average molecular weight is 236 g/mol. The third kappa shape index (κ3) is 1.94. The zero-order valence-electron chi connectivity index (χ0n) is 9.52. The molecule has 6 nitrogen and oxygen atoms in total. The molecular weight excluding hydrogens is 223 g/mol. The summed E-state index contributed by atoms with van der Waals surface area (Å²) >= 11 is 0. The molecule has 0 unspecified atom stereocenters. The van der Waals surface area contributed by atoms with Crippen LogP contribution in [0.4, 0.5) is 11.4 Å². The van der Waals surface area contributed by atoms with Gasteiger partial charge in [-0.25, -0.2) is 0 Å².